The van der Waals surface area contributed by atoms with Crippen LogP contribution in [0.15, 0.2) is 69.3 Å². The Balaban J connectivity index is 1.64. The van der Waals surface area contributed by atoms with E-state index in [2.05, 4.69) is 20.5 Å². The molecule has 0 aliphatic rings. The normalized spacial score (nSPS) is 11.3. The van der Waals surface area contributed by atoms with E-state index in [0.717, 1.165) is 5.56 Å². The number of aromatic amines is 1. The number of ether oxygens (including phenoxy) is 1. The molecule has 0 atom stereocenters. The van der Waals surface area contributed by atoms with Gasteiger partial charge in [-0.2, -0.15) is 10.1 Å². The highest BCUT2D eigenvalue weighted by atomic mass is 16.5. The average Bonchev–Trinajstić information content (AvgIpc) is 3.13. The smallest absolute Gasteiger partial charge is 0.329 e. The predicted molar refractivity (Wildman–Crippen MR) is 117 cm³/mol. The van der Waals surface area contributed by atoms with E-state index in [0.29, 0.717) is 12.3 Å². The first-order chi connectivity index (χ1) is 15.0. The van der Waals surface area contributed by atoms with Crippen LogP contribution in [0.1, 0.15) is 5.56 Å². The summed E-state index contributed by atoms with van der Waals surface area (Å²) in [6, 6.07) is 15.8. The Morgan fingerprint density at radius 1 is 1.16 bits per heavy atom. The topological polar surface area (TPSA) is 127 Å². The molecule has 0 unspecified atom stereocenters. The van der Waals surface area contributed by atoms with Crippen molar-refractivity contribution < 1.29 is 9.84 Å². The number of aryl methyl sites for hydroxylation is 1. The monoisotopic (exact) mass is 420 g/mol. The lowest BCUT2D eigenvalue weighted by Crippen LogP contribution is -2.29. The summed E-state index contributed by atoms with van der Waals surface area (Å²) < 4.78 is 8.62. The molecule has 10 nitrogen and oxygen atoms in total. The van der Waals surface area contributed by atoms with Crippen LogP contribution in [0, 0.1) is 0 Å². The summed E-state index contributed by atoms with van der Waals surface area (Å²) in [4.78, 5) is 31.1. The number of aromatic hydroxyl groups is 1. The number of benzene rings is 2. The summed E-state index contributed by atoms with van der Waals surface area (Å²) in [5, 5.41) is 13.5. The van der Waals surface area contributed by atoms with Crippen LogP contribution in [0.25, 0.3) is 11.2 Å². The number of anilines is 1. The molecule has 31 heavy (non-hydrogen) atoms. The molecule has 10 heteroatoms. The van der Waals surface area contributed by atoms with E-state index in [-0.39, 0.29) is 29.5 Å². The van der Waals surface area contributed by atoms with Gasteiger partial charge in [0.25, 0.3) is 5.56 Å². The minimum atomic E-state index is -0.554. The summed E-state index contributed by atoms with van der Waals surface area (Å²) in [5.41, 5.74) is 2.95. The third-order valence-electron chi connectivity index (χ3n) is 4.61. The zero-order valence-corrected chi connectivity index (χ0v) is 16.6. The summed E-state index contributed by atoms with van der Waals surface area (Å²) in [6.07, 6.45) is 1.55. The third kappa shape index (κ3) is 4.32. The van der Waals surface area contributed by atoms with E-state index < -0.39 is 11.2 Å². The van der Waals surface area contributed by atoms with Crippen LogP contribution in [0.2, 0.25) is 0 Å². The summed E-state index contributed by atoms with van der Waals surface area (Å²) in [6.45, 7) is 0.567. The van der Waals surface area contributed by atoms with Crippen LogP contribution in [0.3, 0.4) is 0 Å². The van der Waals surface area contributed by atoms with Gasteiger partial charge in [0.2, 0.25) is 5.95 Å². The predicted octanol–water partition coefficient (Wildman–Crippen LogP) is 1.65. The van der Waals surface area contributed by atoms with Crippen molar-refractivity contribution in [2.24, 2.45) is 12.1 Å². The van der Waals surface area contributed by atoms with Crippen LogP contribution < -0.4 is 21.4 Å². The fraction of sp³-hybridized carbons (Fsp3) is 0.143. The highest BCUT2D eigenvalue weighted by molar-refractivity contribution is 5.80. The van der Waals surface area contributed by atoms with Crippen LogP contribution in [-0.2, 0) is 13.6 Å². The Kier molecular flexibility index (Phi) is 5.52. The molecule has 0 saturated carbocycles. The van der Waals surface area contributed by atoms with Gasteiger partial charge in [0.15, 0.2) is 11.2 Å². The average molecular weight is 420 g/mol. The number of hydrazone groups is 1. The number of fused-ring (bicyclic) bond motifs is 1. The minimum Gasteiger partial charge on any atom is -0.508 e. The lowest BCUT2D eigenvalue weighted by molar-refractivity contribution is 0.301. The van der Waals surface area contributed by atoms with E-state index in [1.807, 2.05) is 30.3 Å². The molecular formula is C21H20N6O4. The summed E-state index contributed by atoms with van der Waals surface area (Å²) in [5.74, 6) is 1.15. The molecule has 0 aliphatic carbocycles. The standard InChI is InChI=1S/C21H20N6O4/c1-26-18-17(19(29)24-21(26)30)27(11-12-31-16-5-3-2-4-6-16)20(23-18)25-22-13-14-7-9-15(28)10-8-14/h2-10,13,28H,11-12H2,1H3,(H,23,25)(H,24,29,30)/b22-13-. The van der Waals surface area contributed by atoms with Gasteiger partial charge >= 0.3 is 5.69 Å². The lowest BCUT2D eigenvalue weighted by atomic mass is 10.2. The van der Waals surface area contributed by atoms with Crippen LogP contribution in [0.5, 0.6) is 11.5 Å². The number of nitrogens with zero attached hydrogens (tertiary/aromatic N) is 4. The second-order valence-corrected chi connectivity index (χ2v) is 6.70. The first-order valence-electron chi connectivity index (χ1n) is 9.48. The molecule has 0 aliphatic heterocycles. The van der Waals surface area contributed by atoms with Gasteiger partial charge in [-0.15, -0.1) is 0 Å². The van der Waals surface area contributed by atoms with Crippen molar-refractivity contribution in [3.63, 3.8) is 0 Å². The lowest BCUT2D eigenvalue weighted by Gasteiger charge is -2.10. The van der Waals surface area contributed by atoms with Crippen LogP contribution in [-0.4, -0.2) is 37.0 Å². The van der Waals surface area contributed by atoms with Crippen molar-refractivity contribution in [1.29, 1.82) is 0 Å². The Morgan fingerprint density at radius 3 is 2.65 bits per heavy atom. The highest BCUT2D eigenvalue weighted by Gasteiger charge is 2.17. The van der Waals surface area contributed by atoms with E-state index in [1.165, 1.54) is 11.6 Å². The van der Waals surface area contributed by atoms with E-state index in [4.69, 9.17) is 4.74 Å². The molecular weight excluding hydrogens is 400 g/mol. The van der Waals surface area contributed by atoms with E-state index in [1.54, 1.807) is 35.0 Å². The SMILES string of the molecule is Cn1c(=O)[nH]c(=O)c2c1nc(N/N=C\c1ccc(O)cc1)n2CCOc1ccccc1. The number of para-hydroxylation sites is 1. The Hall–Kier alpha value is -4.34. The van der Waals surface area contributed by atoms with Crippen molar-refractivity contribution in [2.75, 3.05) is 12.0 Å². The van der Waals surface area contributed by atoms with Crippen LogP contribution >= 0.6 is 0 Å². The fourth-order valence-corrected chi connectivity index (χ4v) is 3.03. The van der Waals surface area contributed by atoms with Crippen molar-refractivity contribution in [3.8, 4) is 11.5 Å². The number of H-pyrrole nitrogens is 1. The molecule has 4 rings (SSSR count). The zero-order chi connectivity index (χ0) is 21.8. The van der Waals surface area contributed by atoms with Gasteiger partial charge in [-0.25, -0.2) is 10.2 Å². The number of phenols is 1. The number of hydrogen-bond acceptors (Lipinski definition) is 7. The van der Waals surface area contributed by atoms with Gasteiger partial charge in [-0.3, -0.25) is 18.9 Å². The number of imidazole rings is 1. The third-order valence-corrected chi connectivity index (χ3v) is 4.61. The number of nitrogens with one attached hydrogen (secondary N) is 2. The minimum absolute atomic E-state index is 0.158. The van der Waals surface area contributed by atoms with Gasteiger partial charge in [0, 0.05) is 7.05 Å². The molecule has 0 radical (unpaired) electrons. The fourth-order valence-electron chi connectivity index (χ4n) is 3.03. The first kappa shape index (κ1) is 20.0. The van der Waals surface area contributed by atoms with Crippen molar-refractivity contribution >= 4 is 23.3 Å². The van der Waals surface area contributed by atoms with E-state index in [9.17, 15) is 14.7 Å². The number of rotatable bonds is 7. The number of aromatic nitrogens is 4. The van der Waals surface area contributed by atoms with Crippen molar-refractivity contribution in [3.05, 3.63) is 81.0 Å². The molecule has 0 saturated heterocycles. The molecule has 0 amide bonds. The maximum atomic E-state index is 12.5. The second-order valence-electron chi connectivity index (χ2n) is 6.70. The van der Waals surface area contributed by atoms with Crippen LogP contribution in [0.4, 0.5) is 5.95 Å². The molecule has 2 aromatic carbocycles. The van der Waals surface area contributed by atoms with Crippen molar-refractivity contribution in [1.82, 2.24) is 19.1 Å². The van der Waals surface area contributed by atoms with Gasteiger partial charge in [0.05, 0.1) is 12.8 Å². The second kappa shape index (κ2) is 8.57. The Morgan fingerprint density at radius 2 is 1.90 bits per heavy atom. The molecule has 4 aromatic rings. The van der Waals surface area contributed by atoms with E-state index >= 15 is 0 Å². The van der Waals surface area contributed by atoms with Crippen molar-refractivity contribution in [2.45, 2.75) is 6.54 Å². The molecule has 3 N–H and O–H groups in total. The molecule has 2 heterocycles. The number of hydrogen-bond donors (Lipinski definition) is 3. The highest BCUT2D eigenvalue weighted by Crippen LogP contribution is 2.16. The summed E-state index contributed by atoms with van der Waals surface area (Å²) >= 11 is 0. The maximum absolute atomic E-state index is 12.5. The van der Waals surface area contributed by atoms with Gasteiger partial charge in [-0.05, 0) is 42.0 Å². The zero-order valence-electron chi connectivity index (χ0n) is 16.6. The van der Waals surface area contributed by atoms with Gasteiger partial charge in [-0.1, -0.05) is 18.2 Å². The summed E-state index contributed by atoms with van der Waals surface area (Å²) in [7, 11) is 1.53. The van der Waals surface area contributed by atoms with Gasteiger partial charge < -0.3 is 9.84 Å². The molecule has 0 spiro atoms. The van der Waals surface area contributed by atoms with Gasteiger partial charge in [0.1, 0.15) is 18.1 Å². The first-order valence-corrected chi connectivity index (χ1v) is 9.48. The Bertz CT molecular complexity index is 1340. The Labute approximate surface area is 176 Å². The largest absolute Gasteiger partial charge is 0.508 e. The molecule has 0 bridgehead atoms. The maximum Gasteiger partial charge on any atom is 0.329 e. The molecule has 2 aromatic heterocycles. The quantitative estimate of drug-likeness (QED) is 0.308. The molecule has 0 fully saturated rings. The molecule has 158 valence electrons. The number of phenolic OH excluding ortho intramolecular Hbond substituents is 1.